The van der Waals surface area contributed by atoms with Gasteiger partial charge in [-0.05, 0) is 32.0 Å². The van der Waals surface area contributed by atoms with E-state index >= 15 is 0 Å². The first-order valence-corrected chi connectivity index (χ1v) is 6.04. The maximum absolute atomic E-state index is 11.8. The molecule has 1 unspecified atom stereocenters. The first-order chi connectivity index (χ1) is 8.86. The van der Waals surface area contributed by atoms with Gasteiger partial charge in [0.15, 0.2) is 5.78 Å². The summed E-state index contributed by atoms with van der Waals surface area (Å²) in [6, 6.07) is 3.63. The van der Waals surface area contributed by atoms with E-state index in [1.54, 1.807) is 6.92 Å². The van der Waals surface area contributed by atoms with E-state index in [1.807, 2.05) is 0 Å². The van der Waals surface area contributed by atoms with E-state index in [9.17, 15) is 14.4 Å². The average Bonchev–Trinajstić information content (AvgIpc) is 2.37. The molecule has 0 aliphatic rings. The third kappa shape index (κ3) is 3.79. The zero-order chi connectivity index (χ0) is 14.6. The quantitative estimate of drug-likeness (QED) is 0.510. The number of esters is 1. The van der Waals surface area contributed by atoms with Crippen molar-refractivity contribution in [3.8, 4) is 0 Å². The Kier molecular flexibility index (Phi) is 5.06. The van der Waals surface area contributed by atoms with Gasteiger partial charge < -0.3 is 9.84 Å². The van der Waals surface area contributed by atoms with Gasteiger partial charge in [0.1, 0.15) is 0 Å². The topological polar surface area (TPSA) is 80.7 Å². The second-order valence-electron chi connectivity index (χ2n) is 3.80. The first kappa shape index (κ1) is 15.2. The van der Waals surface area contributed by atoms with Crippen LogP contribution in [0.5, 0.6) is 0 Å². The van der Waals surface area contributed by atoms with Gasteiger partial charge >= 0.3 is 11.9 Å². The number of ketones is 1. The molecule has 0 radical (unpaired) electrons. The number of hydrogen-bond donors (Lipinski definition) is 1. The van der Waals surface area contributed by atoms with Crippen LogP contribution in [0.3, 0.4) is 0 Å². The molecule has 0 aliphatic carbocycles. The average molecular weight is 285 g/mol. The van der Waals surface area contributed by atoms with Crippen molar-refractivity contribution >= 4 is 29.3 Å². The fourth-order valence-corrected chi connectivity index (χ4v) is 1.58. The summed E-state index contributed by atoms with van der Waals surface area (Å²) in [5, 5.41) is 8.16. The van der Waals surface area contributed by atoms with Crippen molar-refractivity contribution in [3.63, 3.8) is 0 Å². The zero-order valence-electron chi connectivity index (χ0n) is 10.5. The van der Waals surface area contributed by atoms with Crippen molar-refractivity contribution in [2.24, 2.45) is 0 Å². The maximum Gasteiger partial charge on any atom is 0.338 e. The number of ether oxygens (including phenoxy) is 1. The van der Waals surface area contributed by atoms with Crippen LogP contribution < -0.4 is 0 Å². The molecule has 1 aromatic rings. The summed E-state index contributed by atoms with van der Waals surface area (Å²) >= 11 is 5.67. The van der Waals surface area contributed by atoms with Crippen molar-refractivity contribution in [1.29, 1.82) is 0 Å². The Balaban J connectivity index is 3.29. The van der Waals surface area contributed by atoms with Gasteiger partial charge in [0.25, 0.3) is 0 Å². The van der Waals surface area contributed by atoms with Crippen molar-refractivity contribution in [2.45, 2.75) is 19.2 Å². The van der Waals surface area contributed by atoms with Crippen LogP contribution in [0.15, 0.2) is 18.2 Å². The molecule has 102 valence electrons. The van der Waals surface area contributed by atoms with Gasteiger partial charge in [-0.15, -0.1) is 11.6 Å². The van der Waals surface area contributed by atoms with Crippen LogP contribution >= 0.6 is 11.6 Å². The lowest BCUT2D eigenvalue weighted by Gasteiger charge is -2.08. The van der Waals surface area contributed by atoms with Gasteiger partial charge in [-0.1, -0.05) is 0 Å². The predicted octanol–water partition coefficient (Wildman–Crippen LogP) is 2.37. The van der Waals surface area contributed by atoms with Crippen molar-refractivity contribution < 1.29 is 24.2 Å². The fraction of sp³-hybridized carbons (Fsp3) is 0.308. The number of rotatable bonds is 5. The van der Waals surface area contributed by atoms with E-state index < -0.39 is 23.1 Å². The Morgan fingerprint density at radius 3 is 2.21 bits per heavy atom. The van der Waals surface area contributed by atoms with E-state index in [4.69, 9.17) is 21.4 Å². The molecule has 0 aromatic heterocycles. The summed E-state index contributed by atoms with van der Waals surface area (Å²) in [4.78, 5) is 34.4. The molecule has 6 heteroatoms. The normalized spacial score (nSPS) is 11.7. The van der Waals surface area contributed by atoms with E-state index in [0.29, 0.717) is 0 Å². The van der Waals surface area contributed by atoms with E-state index in [2.05, 4.69) is 0 Å². The molecule has 0 fully saturated rings. The number of halogens is 1. The van der Waals surface area contributed by atoms with Crippen LogP contribution in [0.2, 0.25) is 0 Å². The molecule has 19 heavy (non-hydrogen) atoms. The summed E-state index contributed by atoms with van der Waals surface area (Å²) in [6.07, 6.45) is 0. The van der Waals surface area contributed by atoms with Crippen LogP contribution in [-0.2, 0) is 4.74 Å². The number of hydrogen-bond acceptors (Lipinski definition) is 4. The molecule has 0 bridgehead atoms. The van der Waals surface area contributed by atoms with Gasteiger partial charge in [0.05, 0.1) is 23.1 Å². The van der Waals surface area contributed by atoms with E-state index in [0.717, 1.165) is 6.07 Å². The number of Topliss-reactive ketones (excluding diaryl/α,β-unsaturated/α-hetero) is 1. The van der Waals surface area contributed by atoms with Gasteiger partial charge in [0.2, 0.25) is 0 Å². The zero-order valence-corrected chi connectivity index (χ0v) is 11.2. The standard InChI is InChI=1S/C13H13ClO5/c1-3-19-13(18)10-5-8(11(15)7(2)14)4-9(6-10)12(16)17/h4-7H,3H2,1-2H3,(H,16,17). The molecule has 1 aromatic carbocycles. The number of carbonyl (C=O) groups excluding carboxylic acids is 2. The van der Waals surface area contributed by atoms with Gasteiger partial charge in [-0.2, -0.15) is 0 Å². The van der Waals surface area contributed by atoms with Crippen molar-refractivity contribution in [2.75, 3.05) is 6.61 Å². The fourth-order valence-electron chi connectivity index (χ4n) is 1.46. The highest BCUT2D eigenvalue weighted by Gasteiger charge is 2.19. The molecule has 1 rings (SSSR count). The van der Waals surface area contributed by atoms with Crippen molar-refractivity contribution in [1.82, 2.24) is 0 Å². The highest BCUT2D eigenvalue weighted by molar-refractivity contribution is 6.33. The van der Waals surface area contributed by atoms with Crippen LogP contribution in [0, 0.1) is 0 Å². The van der Waals surface area contributed by atoms with Crippen LogP contribution in [0.1, 0.15) is 44.9 Å². The second-order valence-corrected chi connectivity index (χ2v) is 4.46. The van der Waals surface area contributed by atoms with Crippen molar-refractivity contribution in [3.05, 3.63) is 34.9 Å². The highest BCUT2D eigenvalue weighted by atomic mass is 35.5. The minimum atomic E-state index is -1.23. The number of carboxylic acid groups (broad SMARTS) is 1. The van der Waals surface area contributed by atoms with Gasteiger partial charge in [-0.25, -0.2) is 9.59 Å². The number of aromatic carboxylic acids is 1. The molecule has 0 aliphatic heterocycles. The van der Waals surface area contributed by atoms with E-state index in [1.165, 1.54) is 19.1 Å². The molecule has 0 amide bonds. The Bertz CT molecular complexity index is 522. The summed E-state index contributed by atoms with van der Waals surface area (Å²) in [5.41, 5.74) is -0.0703. The smallest absolute Gasteiger partial charge is 0.338 e. The Morgan fingerprint density at radius 1 is 1.21 bits per heavy atom. The largest absolute Gasteiger partial charge is 0.478 e. The number of benzene rings is 1. The molecule has 1 atom stereocenters. The monoisotopic (exact) mass is 284 g/mol. The molecule has 1 N–H and O–H groups in total. The number of alkyl halides is 1. The summed E-state index contributed by atoms with van der Waals surface area (Å²) in [5.74, 6) is -2.36. The molecule has 0 saturated carbocycles. The Labute approximate surface area is 115 Å². The summed E-state index contributed by atoms with van der Waals surface area (Å²) in [6.45, 7) is 3.26. The highest BCUT2D eigenvalue weighted by Crippen LogP contribution is 2.15. The molecular weight excluding hydrogens is 272 g/mol. The van der Waals surface area contributed by atoms with Crippen LogP contribution in [0.25, 0.3) is 0 Å². The maximum atomic E-state index is 11.8. The van der Waals surface area contributed by atoms with E-state index in [-0.39, 0.29) is 23.3 Å². The summed E-state index contributed by atoms with van der Waals surface area (Å²) < 4.78 is 4.78. The minimum Gasteiger partial charge on any atom is -0.478 e. The van der Waals surface area contributed by atoms with Gasteiger partial charge in [0, 0.05) is 5.56 Å². The Hall–Kier alpha value is -1.88. The third-order valence-corrected chi connectivity index (χ3v) is 2.54. The lowest BCUT2D eigenvalue weighted by molar-refractivity contribution is 0.0526. The van der Waals surface area contributed by atoms with Crippen LogP contribution in [-0.4, -0.2) is 34.8 Å². The molecule has 0 spiro atoms. The second kappa shape index (κ2) is 6.33. The Morgan fingerprint density at radius 2 is 1.74 bits per heavy atom. The molecule has 0 heterocycles. The molecule has 5 nitrogen and oxygen atoms in total. The minimum absolute atomic E-state index is 0.0161. The van der Waals surface area contributed by atoms with Crippen LogP contribution in [0.4, 0.5) is 0 Å². The lowest BCUT2D eigenvalue weighted by atomic mass is 10.0. The molecule has 0 saturated heterocycles. The number of carbonyl (C=O) groups is 3. The van der Waals surface area contributed by atoms with Gasteiger partial charge in [-0.3, -0.25) is 4.79 Å². The molecular formula is C13H13ClO5. The SMILES string of the molecule is CCOC(=O)c1cc(C(=O)O)cc(C(=O)C(C)Cl)c1. The predicted molar refractivity (Wildman–Crippen MR) is 69.0 cm³/mol. The summed E-state index contributed by atoms with van der Waals surface area (Å²) in [7, 11) is 0. The lowest BCUT2D eigenvalue weighted by Crippen LogP contribution is -2.14. The number of carboxylic acids is 1. The third-order valence-electron chi connectivity index (χ3n) is 2.34. The first-order valence-electron chi connectivity index (χ1n) is 5.60.